The number of hydrogen-bond donors (Lipinski definition) is 2. The molecule has 1 aromatic rings. The Hall–Kier alpha value is -2.64. The van der Waals surface area contributed by atoms with Gasteiger partial charge in [0.05, 0.1) is 7.11 Å². The van der Waals surface area contributed by atoms with Crippen molar-refractivity contribution in [3.63, 3.8) is 0 Å². The lowest BCUT2D eigenvalue weighted by molar-refractivity contribution is -0.394. The molecule has 0 aliphatic heterocycles. The highest BCUT2D eigenvalue weighted by atomic mass is 16.7. The summed E-state index contributed by atoms with van der Waals surface area (Å²) in [4.78, 5) is 43.6. The van der Waals surface area contributed by atoms with Crippen molar-refractivity contribution in [2.45, 2.75) is 39.8 Å². The summed E-state index contributed by atoms with van der Waals surface area (Å²) >= 11 is 0. The maximum atomic E-state index is 12.3. The molecule has 0 aliphatic carbocycles. The molecule has 2 amide bonds. The number of aliphatic hydroxyl groups excluding tert-OH is 2. The van der Waals surface area contributed by atoms with Crippen LogP contribution in [0, 0.1) is 10.1 Å². The molecule has 0 saturated carbocycles. The van der Waals surface area contributed by atoms with Crippen LogP contribution in [0.3, 0.4) is 0 Å². The first-order valence-corrected chi connectivity index (χ1v) is 7.26. The summed E-state index contributed by atoms with van der Waals surface area (Å²) < 4.78 is 0.724. The lowest BCUT2D eigenvalue weighted by atomic mass is 10.4. The van der Waals surface area contributed by atoms with E-state index in [1.807, 2.05) is 0 Å². The van der Waals surface area contributed by atoms with Gasteiger partial charge in [-0.3, -0.25) is 19.3 Å². The van der Waals surface area contributed by atoms with Crippen molar-refractivity contribution in [3.05, 3.63) is 15.9 Å². The number of rotatable bonds is 8. The lowest BCUT2D eigenvalue weighted by Gasteiger charge is -2.27. The number of nitro groups is 1. The molecule has 1 rings (SSSR count). The quantitative estimate of drug-likeness (QED) is 0.326. The lowest BCUT2D eigenvalue weighted by Crippen LogP contribution is -2.46. The van der Waals surface area contributed by atoms with E-state index in [2.05, 4.69) is 10.1 Å². The summed E-state index contributed by atoms with van der Waals surface area (Å²) in [5.74, 6) is -3.01. The van der Waals surface area contributed by atoms with Crippen LogP contribution in [0.25, 0.3) is 0 Å². The molecular formula is C12H20N6O7. The zero-order valence-corrected chi connectivity index (χ0v) is 14.2. The van der Waals surface area contributed by atoms with Crippen LogP contribution < -0.4 is 0 Å². The second kappa shape index (κ2) is 8.46. The molecule has 2 atom stereocenters. The van der Waals surface area contributed by atoms with Crippen LogP contribution in [0.1, 0.15) is 31.4 Å². The molecule has 0 fully saturated rings. The third-order valence-corrected chi connectivity index (χ3v) is 3.13. The summed E-state index contributed by atoms with van der Waals surface area (Å²) in [5.41, 5.74) is 0. The molecule has 2 N–H and O–H groups in total. The molecule has 0 aromatic carbocycles. The van der Waals surface area contributed by atoms with E-state index in [-0.39, 0.29) is 6.54 Å². The maximum absolute atomic E-state index is 12.3. The first kappa shape index (κ1) is 20.4. The average molecular weight is 360 g/mol. The van der Waals surface area contributed by atoms with E-state index in [4.69, 9.17) is 4.84 Å². The molecule has 1 heterocycles. The Bertz CT molecular complexity index is 632. The average Bonchev–Trinajstić information content (AvgIpc) is 2.91. The number of aliphatic hydroxyl groups is 2. The molecule has 2 unspecified atom stereocenters. The predicted molar refractivity (Wildman–Crippen MR) is 80.6 cm³/mol. The fourth-order valence-corrected chi connectivity index (χ4v) is 2.08. The Morgan fingerprint density at radius 1 is 1.36 bits per heavy atom. The van der Waals surface area contributed by atoms with E-state index in [0.717, 1.165) is 14.6 Å². The Morgan fingerprint density at radius 2 is 1.92 bits per heavy atom. The maximum Gasteiger partial charge on any atom is 0.491 e. The van der Waals surface area contributed by atoms with Crippen molar-refractivity contribution < 1.29 is 29.6 Å². The van der Waals surface area contributed by atoms with Crippen LogP contribution in [0.15, 0.2) is 0 Å². The number of aromatic nitrogens is 3. The van der Waals surface area contributed by atoms with Crippen molar-refractivity contribution in [1.29, 1.82) is 0 Å². The van der Waals surface area contributed by atoms with E-state index in [0.29, 0.717) is 0 Å². The summed E-state index contributed by atoms with van der Waals surface area (Å²) in [6, 6.07) is 0. The standard InChI is InChI=1S/C12H20N6O7/c1-5-16(25-4)11(22)10-13-12(18(23)24)14-15(10)6-9(21)17(7(2)19)8(3)20/h7-8,19-20H,5-6H2,1-4H3. The third kappa shape index (κ3) is 4.68. The summed E-state index contributed by atoms with van der Waals surface area (Å²) in [6.45, 7) is 3.58. The van der Waals surface area contributed by atoms with Crippen LogP contribution in [0.4, 0.5) is 5.95 Å². The van der Waals surface area contributed by atoms with Gasteiger partial charge in [-0.25, -0.2) is 5.06 Å². The van der Waals surface area contributed by atoms with Crippen molar-refractivity contribution in [2.24, 2.45) is 0 Å². The molecule has 13 heteroatoms. The minimum atomic E-state index is -1.32. The van der Waals surface area contributed by atoms with Gasteiger partial charge in [-0.05, 0) is 30.7 Å². The number of carbonyl (C=O) groups excluding carboxylic acids is 2. The first-order valence-electron chi connectivity index (χ1n) is 7.26. The molecule has 140 valence electrons. The second-order valence-corrected chi connectivity index (χ2v) is 4.90. The molecular weight excluding hydrogens is 340 g/mol. The van der Waals surface area contributed by atoms with E-state index >= 15 is 0 Å². The number of hydrogen-bond acceptors (Lipinski definition) is 9. The molecule has 0 saturated heterocycles. The van der Waals surface area contributed by atoms with Gasteiger partial charge in [0, 0.05) is 11.6 Å². The number of amides is 2. The van der Waals surface area contributed by atoms with Gasteiger partial charge in [0.2, 0.25) is 5.91 Å². The van der Waals surface area contributed by atoms with Crippen LogP contribution in [0.2, 0.25) is 0 Å². The van der Waals surface area contributed by atoms with Crippen LogP contribution in [-0.4, -0.2) is 77.8 Å². The SMILES string of the molecule is CCN(OC)C(=O)c1nc([N+](=O)[O-])nn1CC(=O)N(C(C)O)C(C)O. The molecule has 13 nitrogen and oxygen atoms in total. The largest absolute Gasteiger partial charge is 0.491 e. The zero-order valence-electron chi connectivity index (χ0n) is 14.2. The summed E-state index contributed by atoms with van der Waals surface area (Å²) in [5, 5.41) is 34.4. The van der Waals surface area contributed by atoms with Gasteiger partial charge in [0.25, 0.3) is 0 Å². The van der Waals surface area contributed by atoms with Crippen molar-refractivity contribution in [2.75, 3.05) is 13.7 Å². The fraction of sp³-hybridized carbons (Fsp3) is 0.667. The fourth-order valence-electron chi connectivity index (χ4n) is 2.08. The van der Waals surface area contributed by atoms with Gasteiger partial charge in [0.15, 0.2) is 0 Å². The Morgan fingerprint density at radius 3 is 2.32 bits per heavy atom. The van der Waals surface area contributed by atoms with Gasteiger partial charge in [-0.2, -0.15) is 4.68 Å². The number of carbonyl (C=O) groups is 2. The minimum absolute atomic E-state index is 0.122. The predicted octanol–water partition coefficient (Wildman–Crippen LogP) is -1.28. The first-order chi connectivity index (χ1) is 11.6. The van der Waals surface area contributed by atoms with Crippen LogP contribution in [-0.2, 0) is 16.2 Å². The molecule has 1 aromatic heterocycles. The van der Waals surface area contributed by atoms with Crippen LogP contribution >= 0.6 is 0 Å². The Balaban J connectivity index is 3.23. The number of nitrogens with zero attached hydrogens (tertiary/aromatic N) is 6. The number of hydroxylamine groups is 2. The van der Waals surface area contributed by atoms with Gasteiger partial charge >= 0.3 is 17.7 Å². The monoisotopic (exact) mass is 360 g/mol. The highest BCUT2D eigenvalue weighted by molar-refractivity contribution is 5.90. The van der Waals surface area contributed by atoms with Crippen molar-refractivity contribution >= 4 is 17.8 Å². The van der Waals surface area contributed by atoms with E-state index in [1.54, 1.807) is 6.92 Å². The Labute approximate surface area is 142 Å². The zero-order chi connectivity index (χ0) is 19.3. The van der Waals surface area contributed by atoms with Gasteiger partial charge in [0.1, 0.15) is 19.0 Å². The second-order valence-electron chi connectivity index (χ2n) is 4.90. The van der Waals surface area contributed by atoms with E-state index in [1.165, 1.54) is 21.0 Å². The van der Waals surface area contributed by atoms with Crippen molar-refractivity contribution in [1.82, 2.24) is 24.7 Å². The minimum Gasteiger partial charge on any atom is -0.390 e. The molecule has 0 spiro atoms. The van der Waals surface area contributed by atoms with E-state index < -0.39 is 47.5 Å². The molecule has 0 radical (unpaired) electrons. The molecule has 0 aliphatic rings. The normalized spacial score (nSPS) is 13.2. The molecule has 0 bridgehead atoms. The Kier molecular flexibility index (Phi) is 6.90. The molecule has 25 heavy (non-hydrogen) atoms. The van der Waals surface area contributed by atoms with E-state index in [9.17, 15) is 29.9 Å². The smallest absolute Gasteiger partial charge is 0.390 e. The highest BCUT2D eigenvalue weighted by Crippen LogP contribution is 2.11. The third-order valence-electron chi connectivity index (χ3n) is 3.13. The van der Waals surface area contributed by atoms with Gasteiger partial charge < -0.3 is 20.3 Å². The summed E-state index contributed by atoms with van der Waals surface area (Å²) in [7, 11) is 1.23. The van der Waals surface area contributed by atoms with Crippen LogP contribution in [0.5, 0.6) is 0 Å². The highest BCUT2D eigenvalue weighted by Gasteiger charge is 2.33. The topological polar surface area (TPSA) is 164 Å². The summed E-state index contributed by atoms with van der Waals surface area (Å²) in [6.07, 6.45) is -2.65. The van der Waals surface area contributed by atoms with Gasteiger partial charge in [-0.1, -0.05) is 0 Å². The van der Waals surface area contributed by atoms with Crippen molar-refractivity contribution in [3.8, 4) is 0 Å². The van der Waals surface area contributed by atoms with Gasteiger partial charge in [-0.15, -0.1) is 0 Å².